The summed E-state index contributed by atoms with van der Waals surface area (Å²) in [5.41, 5.74) is 3.01. The van der Waals surface area contributed by atoms with E-state index < -0.39 is 0 Å². The summed E-state index contributed by atoms with van der Waals surface area (Å²) in [6, 6.07) is 30.5. The molecule has 0 aliphatic carbocycles. The SMILES string of the molecule is C[C@H](CNC(=O)c1ccc(C(=O)c2ccccc2)cc1)NC(=O)c1ccc(C(=O)c2ccccc2)cc1. The van der Waals surface area contributed by atoms with E-state index in [-0.39, 0.29) is 36.0 Å². The second-order valence-corrected chi connectivity index (χ2v) is 8.63. The zero-order chi connectivity index (χ0) is 26.2. The maximum Gasteiger partial charge on any atom is 0.251 e. The van der Waals surface area contributed by atoms with Crippen LogP contribution in [0.3, 0.4) is 0 Å². The Hall–Kier alpha value is -4.84. The van der Waals surface area contributed by atoms with Gasteiger partial charge in [-0.25, -0.2) is 0 Å². The van der Waals surface area contributed by atoms with Crippen LogP contribution in [0.5, 0.6) is 0 Å². The Bertz CT molecular complexity index is 1400. The van der Waals surface area contributed by atoms with Crippen LogP contribution < -0.4 is 10.6 Å². The van der Waals surface area contributed by atoms with Gasteiger partial charge in [0.1, 0.15) is 0 Å². The van der Waals surface area contributed by atoms with Crippen LogP contribution in [-0.4, -0.2) is 36.0 Å². The van der Waals surface area contributed by atoms with Crippen LogP contribution in [0.25, 0.3) is 0 Å². The Kier molecular flexibility index (Phi) is 8.01. The molecular formula is C31H26N2O4. The van der Waals surface area contributed by atoms with Gasteiger partial charge in [0.15, 0.2) is 11.6 Å². The van der Waals surface area contributed by atoms with E-state index in [2.05, 4.69) is 10.6 Å². The maximum absolute atomic E-state index is 12.6. The summed E-state index contributed by atoms with van der Waals surface area (Å²) in [5, 5.41) is 5.64. The number of nitrogens with one attached hydrogen (secondary N) is 2. The Morgan fingerprint density at radius 2 is 0.865 bits per heavy atom. The summed E-state index contributed by atoms with van der Waals surface area (Å²) in [5.74, 6) is -0.824. The van der Waals surface area contributed by atoms with Crippen LogP contribution in [0.1, 0.15) is 59.5 Å². The number of hydrogen-bond acceptors (Lipinski definition) is 4. The predicted molar refractivity (Wildman–Crippen MR) is 142 cm³/mol. The zero-order valence-corrected chi connectivity index (χ0v) is 20.3. The molecule has 2 N–H and O–H groups in total. The lowest BCUT2D eigenvalue weighted by Crippen LogP contribution is -2.41. The van der Waals surface area contributed by atoms with Crippen molar-refractivity contribution in [2.24, 2.45) is 0 Å². The minimum absolute atomic E-state index is 0.110. The van der Waals surface area contributed by atoms with E-state index >= 15 is 0 Å². The van der Waals surface area contributed by atoms with Gasteiger partial charge >= 0.3 is 0 Å². The minimum atomic E-state index is -0.332. The number of amides is 2. The Balaban J connectivity index is 1.27. The van der Waals surface area contributed by atoms with E-state index in [9.17, 15) is 19.2 Å². The first-order valence-corrected chi connectivity index (χ1v) is 11.9. The molecule has 0 aliphatic rings. The van der Waals surface area contributed by atoms with Gasteiger partial charge < -0.3 is 10.6 Å². The van der Waals surface area contributed by atoms with Gasteiger partial charge in [-0.3, -0.25) is 19.2 Å². The highest BCUT2D eigenvalue weighted by Crippen LogP contribution is 2.13. The highest BCUT2D eigenvalue weighted by atomic mass is 16.2. The average Bonchev–Trinajstić information content (AvgIpc) is 2.96. The van der Waals surface area contributed by atoms with Crippen molar-refractivity contribution in [1.29, 1.82) is 0 Å². The number of hydrogen-bond donors (Lipinski definition) is 2. The third-order valence-corrected chi connectivity index (χ3v) is 5.84. The van der Waals surface area contributed by atoms with Crippen molar-refractivity contribution in [2.45, 2.75) is 13.0 Å². The molecule has 0 unspecified atom stereocenters. The first-order chi connectivity index (χ1) is 17.9. The molecule has 4 aromatic rings. The molecule has 6 nitrogen and oxygen atoms in total. The summed E-state index contributed by atoms with van der Waals surface area (Å²) >= 11 is 0. The predicted octanol–water partition coefficient (Wildman–Crippen LogP) is 4.70. The second kappa shape index (κ2) is 11.7. The average molecular weight is 491 g/mol. The molecule has 0 bridgehead atoms. The molecule has 0 heterocycles. The van der Waals surface area contributed by atoms with Crippen molar-refractivity contribution in [3.8, 4) is 0 Å². The van der Waals surface area contributed by atoms with Crippen LogP contribution in [0, 0.1) is 0 Å². The fraction of sp³-hybridized carbons (Fsp3) is 0.0968. The molecule has 0 fully saturated rings. The molecule has 0 aromatic heterocycles. The van der Waals surface area contributed by atoms with E-state index in [1.54, 1.807) is 104 Å². The number of ketones is 2. The summed E-state index contributed by atoms with van der Waals surface area (Å²) < 4.78 is 0. The van der Waals surface area contributed by atoms with Crippen molar-refractivity contribution >= 4 is 23.4 Å². The van der Waals surface area contributed by atoms with Crippen molar-refractivity contribution in [3.63, 3.8) is 0 Å². The lowest BCUT2D eigenvalue weighted by molar-refractivity contribution is 0.0912. The molecule has 2 amide bonds. The highest BCUT2D eigenvalue weighted by molar-refractivity contribution is 6.10. The quantitative estimate of drug-likeness (QED) is 0.333. The first kappa shape index (κ1) is 25.3. The molecule has 1 atom stereocenters. The van der Waals surface area contributed by atoms with Crippen LogP contribution in [0.2, 0.25) is 0 Å². The molecule has 4 aromatic carbocycles. The normalized spacial score (nSPS) is 11.3. The number of rotatable bonds is 9. The van der Waals surface area contributed by atoms with E-state index in [0.29, 0.717) is 33.4 Å². The summed E-state index contributed by atoms with van der Waals surface area (Å²) in [6.07, 6.45) is 0. The lowest BCUT2D eigenvalue weighted by atomic mass is 10.0. The second-order valence-electron chi connectivity index (χ2n) is 8.63. The smallest absolute Gasteiger partial charge is 0.251 e. The standard InChI is InChI=1S/C31H26N2O4/c1-21(33-31(37)27-18-14-25(15-19-27)29(35)23-10-6-3-7-11-23)20-32-30(36)26-16-12-24(13-17-26)28(34)22-8-4-2-5-9-22/h2-19,21H,20H2,1H3,(H,32,36)(H,33,37)/t21-/m1/s1. The molecule has 0 radical (unpaired) electrons. The molecule has 0 saturated heterocycles. The number of benzene rings is 4. The molecule has 37 heavy (non-hydrogen) atoms. The monoisotopic (exact) mass is 490 g/mol. The zero-order valence-electron chi connectivity index (χ0n) is 20.3. The molecule has 0 spiro atoms. The van der Waals surface area contributed by atoms with Crippen molar-refractivity contribution in [2.75, 3.05) is 6.54 Å². The van der Waals surface area contributed by atoms with Crippen molar-refractivity contribution in [1.82, 2.24) is 10.6 Å². The fourth-order valence-electron chi connectivity index (χ4n) is 3.76. The van der Waals surface area contributed by atoms with E-state index in [4.69, 9.17) is 0 Å². The summed E-state index contributed by atoms with van der Waals surface area (Å²) in [6.45, 7) is 2.01. The molecule has 0 aliphatic heterocycles. The van der Waals surface area contributed by atoms with Gasteiger partial charge in [-0.15, -0.1) is 0 Å². The molecule has 0 saturated carbocycles. The van der Waals surface area contributed by atoms with Crippen LogP contribution in [-0.2, 0) is 0 Å². The summed E-state index contributed by atoms with van der Waals surface area (Å²) in [4.78, 5) is 50.2. The highest BCUT2D eigenvalue weighted by Gasteiger charge is 2.15. The molecule has 4 rings (SSSR count). The largest absolute Gasteiger partial charge is 0.350 e. The van der Waals surface area contributed by atoms with Gasteiger partial charge in [0.2, 0.25) is 0 Å². The maximum atomic E-state index is 12.6. The Labute approximate surface area is 215 Å². The van der Waals surface area contributed by atoms with Gasteiger partial charge in [-0.2, -0.15) is 0 Å². The van der Waals surface area contributed by atoms with E-state index in [0.717, 1.165) is 0 Å². The number of carbonyl (C=O) groups is 4. The fourth-order valence-corrected chi connectivity index (χ4v) is 3.76. The topological polar surface area (TPSA) is 92.3 Å². The van der Waals surface area contributed by atoms with Gasteiger partial charge in [-0.1, -0.05) is 84.9 Å². The van der Waals surface area contributed by atoms with Crippen LogP contribution in [0.15, 0.2) is 109 Å². The van der Waals surface area contributed by atoms with E-state index in [1.807, 2.05) is 12.1 Å². The van der Waals surface area contributed by atoms with E-state index in [1.165, 1.54) is 0 Å². The van der Waals surface area contributed by atoms with Crippen LogP contribution in [0.4, 0.5) is 0 Å². The Morgan fingerprint density at radius 3 is 1.30 bits per heavy atom. The van der Waals surface area contributed by atoms with Gasteiger partial charge in [0.25, 0.3) is 11.8 Å². The molecular weight excluding hydrogens is 464 g/mol. The molecule has 184 valence electrons. The lowest BCUT2D eigenvalue weighted by Gasteiger charge is -2.15. The van der Waals surface area contributed by atoms with Gasteiger partial charge in [-0.05, 0) is 31.2 Å². The Morgan fingerprint density at radius 1 is 0.514 bits per heavy atom. The third kappa shape index (κ3) is 6.44. The van der Waals surface area contributed by atoms with Crippen molar-refractivity contribution < 1.29 is 19.2 Å². The van der Waals surface area contributed by atoms with Crippen molar-refractivity contribution in [3.05, 3.63) is 143 Å². The molecule has 6 heteroatoms. The van der Waals surface area contributed by atoms with Gasteiger partial charge in [0, 0.05) is 46.0 Å². The first-order valence-electron chi connectivity index (χ1n) is 11.9. The third-order valence-electron chi connectivity index (χ3n) is 5.84. The number of carbonyl (C=O) groups excluding carboxylic acids is 4. The van der Waals surface area contributed by atoms with Gasteiger partial charge in [0.05, 0.1) is 0 Å². The van der Waals surface area contributed by atoms with Crippen LogP contribution >= 0.6 is 0 Å². The minimum Gasteiger partial charge on any atom is -0.350 e. The summed E-state index contributed by atoms with van der Waals surface area (Å²) in [7, 11) is 0.